The number of carbonyl (C=O) groups is 1. The van der Waals surface area contributed by atoms with Crippen molar-refractivity contribution in [1.29, 1.82) is 0 Å². The molecule has 1 atom stereocenters. The van der Waals surface area contributed by atoms with E-state index in [9.17, 15) is 13.2 Å². The number of ether oxygens (including phenoxy) is 2. The number of rotatable bonds is 13. The summed E-state index contributed by atoms with van der Waals surface area (Å²) in [7, 11) is -2.59. The van der Waals surface area contributed by atoms with Crippen LogP contribution in [0.4, 0.5) is 11.4 Å². The molecule has 1 N–H and O–H groups in total. The van der Waals surface area contributed by atoms with Crippen molar-refractivity contribution in [2.45, 2.75) is 50.8 Å². The first kappa shape index (κ1) is 34.7. The van der Waals surface area contributed by atoms with Crippen molar-refractivity contribution in [3.63, 3.8) is 0 Å². The summed E-state index contributed by atoms with van der Waals surface area (Å²) in [6.07, 6.45) is 3.15. The topological polar surface area (TPSA) is 90.9 Å². The van der Waals surface area contributed by atoms with E-state index in [0.29, 0.717) is 29.0 Å². The van der Waals surface area contributed by atoms with Crippen molar-refractivity contribution in [1.82, 2.24) is 4.59 Å². The maximum Gasteiger partial charge on any atom is 0.339 e. The fourth-order valence-electron chi connectivity index (χ4n) is 6.64. The summed E-state index contributed by atoms with van der Waals surface area (Å²) < 4.78 is 43.4. The lowest BCUT2D eigenvalue weighted by Gasteiger charge is -2.37. The van der Waals surface area contributed by atoms with Crippen molar-refractivity contribution >= 4 is 27.5 Å². The second-order valence-corrected chi connectivity index (χ2v) is 13.9. The molecule has 5 aromatic carbocycles. The zero-order valence-corrected chi connectivity index (χ0v) is 29.7. The van der Waals surface area contributed by atoms with Crippen LogP contribution in [0.2, 0.25) is 0 Å². The third-order valence-corrected chi connectivity index (χ3v) is 10.7. The smallest absolute Gasteiger partial charge is 0.339 e. The number of carbonyl (C=O) groups excluding carboxylic acids is 1. The Morgan fingerprint density at radius 2 is 1.50 bits per heavy atom. The minimum atomic E-state index is -4.00. The van der Waals surface area contributed by atoms with Crippen LogP contribution >= 0.6 is 0 Å². The molecule has 0 amide bonds. The summed E-state index contributed by atoms with van der Waals surface area (Å²) in [6.45, 7) is 7.78. The largest absolute Gasteiger partial charge is 0.465 e. The average Bonchev–Trinajstić information content (AvgIpc) is 3.15. The highest BCUT2D eigenvalue weighted by Gasteiger charge is 2.35. The van der Waals surface area contributed by atoms with E-state index in [0.717, 1.165) is 53.1 Å². The van der Waals surface area contributed by atoms with Gasteiger partial charge < -0.3 is 13.7 Å². The third-order valence-electron chi connectivity index (χ3n) is 9.42. The zero-order chi connectivity index (χ0) is 35.3. The number of fused-ring (bicyclic) bond motifs is 2. The highest BCUT2D eigenvalue weighted by atomic mass is 32.2. The molecule has 258 valence electrons. The van der Waals surface area contributed by atoms with Crippen molar-refractivity contribution in [2.75, 3.05) is 25.6 Å². The van der Waals surface area contributed by atoms with Gasteiger partial charge in [0.1, 0.15) is 35.2 Å². The van der Waals surface area contributed by atoms with E-state index in [4.69, 9.17) is 13.7 Å². The SMILES string of the molecule is CCCCc1ccc2c(c1)C(c1ccccc1C(=O)OC)c1ccc([N+](CC)(CC)Nc3ccc(S(=O)(=O)Oc4ccccc4)cc3)cc1O2. The number of anilines is 1. The van der Waals surface area contributed by atoms with E-state index in [2.05, 4.69) is 56.5 Å². The van der Waals surface area contributed by atoms with Gasteiger partial charge in [-0.15, -0.1) is 0 Å². The van der Waals surface area contributed by atoms with Crippen LogP contribution in [-0.2, 0) is 21.3 Å². The standard InChI is InChI=1S/C41H43N2O6S/c1-5-8-14-29-19-26-38-37(27-29)40(34-17-12-13-18-35(34)41(44)47-4)36-25-22-31(28-39(36)48-38)43(6-2,7-3)42-30-20-23-33(24-21-30)50(45,46)49-32-15-10-9-11-16-32/h9-13,15-28,40,42H,5-8,14H2,1-4H3/q+1. The molecule has 5 aromatic rings. The lowest BCUT2D eigenvalue weighted by Crippen LogP contribution is -2.53. The van der Waals surface area contributed by atoms with Gasteiger partial charge in [-0.05, 0) is 92.4 Å². The summed E-state index contributed by atoms with van der Waals surface area (Å²) >= 11 is 0. The van der Waals surface area contributed by atoms with Crippen molar-refractivity contribution in [2.24, 2.45) is 0 Å². The van der Waals surface area contributed by atoms with Gasteiger partial charge in [0.2, 0.25) is 0 Å². The minimum Gasteiger partial charge on any atom is -0.465 e. The highest BCUT2D eigenvalue weighted by Crippen LogP contribution is 2.50. The molecular formula is C41H43N2O6S+. The van der Waals surface area contributed by atoms with Gasteiger partial charge in [-0.25, -0.2) is 10.2 Å². The Morgan fingerprint density at radius 1 is 0.780 bits per heavy atom. The summed E-state index contributed by atoms with van der Waals surface area (Å²) in [5.41, 5.74) is 9.97. The molecule has 6 rings (SSSR count). The van der Waals surface area contributed by atoms with Crippen molar-refractivity contribution in [3.05, 3.63) is 143 Å². The number of unbranched alkanes of at least 4 members (excludes halogenated alkanes) is 1. The number of hydrogen-bond acceptors (Lipinski definition) is 7. The first-order valence-electron chi connectivity index (χ1n) is 17.1. The van der Waals surface area contributed by atoms with Gasteiger partial charge >= 0.3 is 16.1 Å². The lowest BCUT2D eigenvalue weighted by atomic mass is 9.79. The molecule has 1 aliphatic heterocycles. The number of esters is 1. The van der Waals surface area contributed by atoms with Crippen LogP contribution in [0.1, 0.15) is 72.1 Å². The molecule has 0 saturated heterocycles. The second-order valence-electron chi connectivity index (χ2n) is 12.4. The molecule has 0 bridgehead atoms. The maximum atomic E-state index is 13.0. The quantitative estimate of drug-likeness (QED) is 0.0559. The predicted molar refractivity (Wildman–Crippen MR) is 197 cm³/mol. The van der Waals surface area contributed by atoms with Crippen LogP contribution in [0.3, 0.4) is 0 Å². The van der Waals surface area contributed by atoms with Crippen molar-refractivity contribution in [3.8, 4) is 17.2 Å². The molecule has 0 aliphatic carbocycles. The number of nitrogens with zero attached hydrogens (tertiary/aromatic N) is 1. The first-order chi connectivity index (χ1) is 24.2. The van der Waals surface area contributed by atoms with Crippen molar-refractivity contribution < 1.29 is 26.9 Å². The van der Waals surface area contributed by atoms with E-state index in [-0.39, 0.29) is 22.5 Å². The van der Waals surface area contributed by atoms with E-state index in [1.807, 2.05) is 30.3 Å². The number of aryl methyl sites for hydroxylation is 1. The molecular weight excluding hydrogens is 649 g/mol. The van der Waals surface area contributed by atoms with E-state index in [1.165, 1.54) is 12.7 Å². The third kappa shape index (κ3) is 6.97. The molecule has 0 aromatic heterocycles. The lowest BCUT2D eigenvalue weighted by molar-refractivity contribution is 0.0599. The van der Waals surface area contributed by atoms with Gasteiger partial charge in [-0.3, -0.25) is 0 Å². The summed E-state index contributed by atoms with van der Waals surface area (Å²) in [6, 6.07) is 35.3. The summed E-state index contributed by atoms with van der Waals surface area (Å²) in [4.78, 5) is 13.1. The maximum absolute atomic E-state index is 13.0. The average molecular weight is 692 g/mol. The number of benzene rings is 5. The number of hydrogen-bond donors (Lipinski definition) is 1. The van der Waals surface area contributed by atoms with Crippen LogP contribution in [0.25, 0.3) is 0 Å². The molecule has 50 heavy (non-hydrogen) atoms. The van der Waals surface area contributed by atoms with Gasteiger partial charge in [0.05, 0.1) is 18.4 Å². The molecule has 1 heterocycles. The molecule has 1 aliphatic rings. The fourth-order valence-corrected chi connectivity index (χ4v) is 7.57. The number of nitrogens with one attached hydrogen (secondary N) is 1. The molecule has 0 saturated carbocycles. The predicted octanol–water partition coefficient (Wildman–Crippen LogP) is 9.24. The summed E-state index contributed by atoms with van der Waals surface area (Å²) in [5, 5.41) is 0. The van der Waals surface area contributed by atoms with Crippen LogP contribution in [-0.4, -0.2) is 34.6 Å². The van der Waals surface area contributed by atoms with Crippen LogP contribution in [0, 0.1) is 0 Å². The van der Waals surface area contributed by atoms with Crippen LogP contribution in [0.15, 0.2) is 120 Å². The minimum absolute atomic E-state index is 0.0648. The molecule has 0 fully saturated rings. The number of methoxy groups -OCH3 is 1. The van der Waals surface area contributed by atoms with Gasteiger partial charge in [0.25, 0.3) is 0 Å². The first-order valence-corrected chi connectivity index (χ1v) is 18.5. The number of quaternary nitrogens is 1. The molecule has 0 radical (unpaired) electrons. The number of para-hydroxylation sites is 1. The van der Waals surface area contributed by atoms with Gasteiger partial charge in [-0.1, -0.05) is 61.9 Å². The van der Waals surface area contributed by atoms with Crippen LogP contribution < -0.4 is 18.9 Å². The molecule has 0 spiro atoms. The fraction of sp³-hybridized carbons (Fsp3) is 0.244. The van der Waals surface area contributed by atoms with E-state index >= 15 is 0 Å². The Hall–Kier alpha value is -5.12. The zero-order valence-electron chi connectivity index (χ0n) is 28.9. The van der Waals surface area contributed by atoms with E-state index in [1.54, 1.807) is 54.6 Å². The van der Waals surface area contributed by atoms with E-state index < -0.39 is 10.1 Å². The molecule has 9 heteroatoms. The summed E-state index contributed by atoms with van der Waals surface area (Å²) in [5.74, 6) is 1.11. The molecule has 1 unspecified atom stereocenters. The van der Waals surface area contributed by atoms with Gasteiger partial charge in [0, 0.05) is 29.2 Å². The Labute approximate surface area is 294 Å². The monoisotopic (exact) mass is 691 g/mol. The Bertz CT molecular complexity index is 2080. The Morgan fingerprint density at radius 3 is 2.20 bits per heavy atom. The second kappa shape index (κ2) is 14.8. The van der Waals surface area contributed by atoms with Gasteiger partial charge in [0.15, 0.2) is 5.69 Å². The highest BCUT2D eigenvalue weighted by molar-refractivity contribution is 7.87. The molecule has 8 nitrogen and oxygen atoms in total. The Balaban J connectivity index is 1.36. The normalized spacial score (nSPS) is 13.8. The Kier molecular flexibility index (Phi) is 10.3. The van der Waals surface area contributed by atoms with Crippen LogP contribution in [0.5, 0.6) is 17.2 Å². The van der Waals surface area contributed by atoms with Gasteiger partial charge in [-0.2, -0.15) is 13.0 Å².